The summed E-state index contributed by atoms with van der Waals surface area (Å²) in [6, 6.07) is 4.80. The molecule has 11 heteroatoms. The third-order valence-electron chi connectivity index (χ3n) is 5.53. The number of benzene rings is 1. The molecule has 0 amide bonds. The Labute approximate surface area is 180 Å². The Morgan fingerprint density at radius 1 is 1.28 bits per heavy atom. The molecular formula is C21H20F4N4O3. The number of fused-ring (bicyclic) bond motifs is 1. The highest BCUT2D eigenvalue weighted by atomic mass is 19.4. The number of aromatic nitrogens is 3. The maximum atomic E-state index is 14.8. The van der Waals surface area contributed by atoms with Crippen molar-refractivity contribution in [1.29, 1.82) is 0 Å². The smallest absolute Gasteiger partial charge is 0.481 e. The van der Waals surface area contributed by atoms with Crippen LogP contribution in [-0.4, -0.2) is 45.1 Å². The zero-order valence-corrected chi connectivity index (χ0v) is 17.1. The molecule has 0 spiro atoms. The van der Waals surface area contributed by atoms with Crippen LogP contribution in [0, 0.1) is 11.7 Å². The zero-order valence-electron chi connectivity index (χ0n) is 17.1. The highest BCUT2D eigenvalue weighted by molar-refractivity contribution is 5.87. The van der Waals surface area contributed by atoms with Crippen LogP contribution in [0.15, 0.2) is 30.6 Å². The molecule has 0 unspecified atom stereocenters. The summed E-state index contributed by atoms with van der Waals surface area (Å²) in [5.74, 6) is -1.59. The topological polar surface area (TPSA) is 80.5 Å². The molecular weight excluding hydrogens is 432 g/mol. The van der Waals surface area contributed by atoms with E-state index in [1.54, 1.807) is 34.8 Å². The largest absolute Gasteiger partial charge is 0.522 e. The van der Waals surface area contributed by atoms with Crippen molar-refractivity contribution in [2.75, 3.05) is 18.0 Å². The molecule has 1 aliphatic rings. The van der Waals surface area contributed by atoms with E-state index in [1.807, 2.05) is 0 Å². The minimum Gasteiger partial charge on any atom is -0.481 e. The number of hydrogen-bond acceptors (Lipinski definition) is 5. The molecule has 1 fully saturated rings. The number of aliphatic carboxylic acids is 1. The standard InChI is InChI=1S/C21H20F4N4O3/c1-28-5-2-13-8-14(9-16(22)18(13)28)17-19(29-6-3-12(4-7-29)20(30)31)27-15(10-26-17)11-32-21(23,24)25/h2,5,8-10,12H,3-4,6-7,11H2,1H3,(H,30,31). The number of carbonyl (C=O) groups is 1. The van der Waals surface area contributed by atoms with Crippen LogP contribution >= 0.6 is 0 Å². The second-order valence-electron chi connectivity index (χ2n) is 7.69. The van der Waals surface area contributed by atoms with Crippen LogP contribution in [0.25, 0.3) is 22.2 Å². The molecule has 1 aromatic carbocycles. The average molecular weight is 452 g/mol. The van der Waals surface area contributed by atoms with Gasteiger partial charge < -0.3 is 14.6 Å². The van der Waals surface area contributed by atoms with Crippen molar-refractivity contribution in [2.45, 2.75) is 25.8 Å². The van der Waals surface area contributed by atoms with Gasteiger partial charge in [-0.3, -0.25) is 14.5 Å². The lowest BCUT2D eigenvalue weighted by molar-refractivity contribution is -0.330. The quantitative estimate of drug-likeness (QED) is 0.587. The van der Waals surface area contributed by atoms with Gasteiger partial charge in [-0.05, 0) is 31.0 Å². The van der Waals surface area contributed by atoms with Gasteiger partial charge in [0.2, 0.25) is 0 Å². The van der Waals surface area contributed by atoms with E-state index in [9.17, 15) is 27.5 Å². The normalized spacial score (nSPS) is 15.5. The van der Waals surface area contributed by atoms with Gasteiger partial charge in [0.1, 0.15) is 11.5 Å². The van der Waals surface area contributed by atoms with E-state index in [1.165, 1.54) is 12.3 Å². The van der Waals surface area contributed by atoms with Crippen LogP contribution in [0.2, 0.25) is 0 Å². The number of aryl methyl sites for hydroxylation is 1. The van der Waals surface area contributed by atoms with Crippen molar-refractivity contribution in [3.05, 3.63) is 42.1 Å². The number of carboxylic acids is 1. The van der Waals surface area contributed by atoms with E-state index < -0.39 is 30.7 Å². The highest BCUT2D eigenvalue weighted by Gasteiger charge is 2.30. The number of nitrogens with zero attached hydrogens (tertiary/aromatic N) is 4. The zero-order chi connectivity index (χ0) is 23.0. The molecule has 0 radical (unpaired) electrons. The van der Waals surface area contributed by atoms with Gasteiger partial charge in [-0.2, -0.15) is 0 Å². The first-order valence-corrected chi connectivity index (χ1v) is 9.91. The van der Waals surface area contributed by atoms with E-state index in [-0.39, 0.29) is 11.5 Å². The summed E-state index contributed by atoms with van der Waals surface area (Å²) in [5.41, 5.74) is 1.11. The lowest BCUT2D eigenvalue weighted by Crippen LogP contribution is -2.37. The molecule has 1 saturated heterocycles. The first-order valence-electron chi connectivity index (χ1n) is 9.91. The number of piperidine rings is 1. The Bertz CT molecular complexity index is 1150. The van der Waals surface area contributed by atoms with Crippen LogP contribution < -0.4 is 4.90 Å². The van der Waals surface area contributed by atoms with Crippen molar-refractivity contribution in [2.24, 2.45) is 13.0 Å². The SMILES string of the molecule is Cn1ccc2cc(-c3ncc(COC(F)(F)F)nc3N3CCC(C(=O)O)CC3)cc(F)c21. The maximum absolute atomic E-state index is 14.8. The van der Waals surface area contributed by atoms with E-state index in [0.29, 0.717) is 48.1 Å². The number of carboxylic acid groups (broad SMARTS) is 1. The number of anilines is 1. The van der Waals surface area contributed by atoms with Gasteiger partial charge >= 0.3 is 12.3 Å². The molecule has 170 valence electrons. The Balaban J connectivity index is 1.73. The van der Waals surface area contributed by atoms with Crippen molar-refractivity contribution in [3.8, 4) is 11.3 Å². The number of hydrogen-bond donors (Lipinski definition) is 1. The fraction of sp³-hybridized carbons (Fsp3) is 0.381. The fourth-order valence-electron chi connectivity index (χ4n) is 3.93. The highest BCUT2D eigenvalue weighted by Crippen LogP contribution is 2.34. The second kappa shape index (κ2) is 8.38. The molecule has 0 bridgehead atoms. The summed E-state index contributed by atoms with van der Waals surface area (Å²) in [6.45, 7) is -0.155. The predicted octanol–water partition coefficient (Wildman–Crippen LogP) is 4.11. The lowest BCUT2D eigenvalue weighted by atomic mass is 9.96. The van der Waals surface area contributed by atoms with Gasteiger partial charge in [-0.1, -0.05) is 0 Å². The number of rotatable bonds is 5. The van der Waals surface area contributed by atoms with Gasteiger partial charge in [-0.15, -0.1) is 13.2 Å². The molecule has 4 rings (SSSR count). The molecule has 7 nitrogen and oxygen atoms in total. The lowest BCUT2D eigenvalue weighted by Gasteiger charge is -2.32. The Morgan fingerprint density at radius 2 is 2.00 bits per heavy atom. The van der Waals surface area contributed by atoms with Crippen molar-refractivity contribution < 1.29 is 32.2 Å². The molecule has 0 atom stereocenters. The summed E-state index contributed by atoms with van der Waals surface area (Å²) in [6.07, 6.45) is -1.22. The Morgan fingerprint density at radius 3 is 2.66 bits per heavy atom. The third-order valence-corrected chi connectivity index (χ3v) is 5.53. The van der Waals surface area contributed by atoms with Gasteiger partial charge in [0, 0.05) is 37.3 Å². The van der Waals surface area contributed by atoms with Gasteiger partial charge in [0.15, 0.2) is 5.82 Å². The third kappa shape index (κ3) is 4.52. The van der Waals surface area contributed by atoms with Crippen LogP contribution in [0.5, 0.6) is 0 Å². The van der Waals surface area contributed by atoms with Gasteiger partial charge in [0.25, 0.3) is 0 Å². The number of halogens is 4. The summed E-state index contributed by atoms with van der Waals surface area (Å²) in [7, 11) is 1.72. The van der Waals surface area contributed by atoms with E-state index in [0.717, 1.165) is 0 Å². The molecule has 1 aliphatic heterocycles. The second-order valence-corrected chi connectivity index (χ2v) is 7.69. The van der Waals surface area contributed by atoms with E-state index >= 15 is 0 Å². The van der Waals surface area contributed by atoms with Crippen LogP contribution in [0.3, 0.4) is 0 Å². The van der Waals surface area contributed by atoms with Crippen LogP contribution in [0.1, 0.15) is 18.5 Å². The van der Waals surface area contributed by atoms with Crippen molar-refractivity contribution in [1.82, 2.24) is 14.5 Å². The summed E-state index contributed by atoms with van der Waals surface area (Å²) in [4.78, 5) is 21.7. The Kier molecular flexibility index (Phi) is 5.76. The average Bonchev–Trinajstić information content (AvgIpc) is 3.13. The molecule has 32 heavy (non-hydrogen) atoms. The molecule has 2 aromatic heterocycles. The molecule has 1 N–H and O–H groups in total. The molecule has 0 saturated carbocycles. The molecule has 3 aromatic rings. The number of alkyl halides is 3. The summed E-state index contributed by atoms with van der Waals surface area (Å²) < 4.78 is 57.7. The fourth-order valence-corrected chi connectivity index (χ4v) is 3.93. The first kappa shape index (κ1) is 22.0. The molecule has 0 aliphatic carbocycles. The number of ether oxygens (including phenoxy) is 1. The van der Waals surface area contributed by atoms with E-state index in [4.69, 9.17) is 0 Å². The first-order chi connectivity index (χ1) is 15.1. The minimum absolute atomic E-state index is 0.0392. The van der Waals surface area contributed by atoms with Crippen molar-refractivity contribution >= 4 is 22.7 Å². The molecule has 3 heterocycles. The van der Waals surface area contributed by atoms with Gasteiger partial charge in [-0.25, -0.2) is 9.37 Å². The van der Waals surface area contributed by atoms with Crippen molar-refractivity contribution in [3.63, 3.8) is 0 Å². The van der Waals surface area contributed by atoms with Gasteiger partial charge in [0.05, 0.1) is 29.9 Å². The summed E-state index contributed by atoms with van der Waals surface area (Å²) >= 11 is 0. The monoisotopic (exact) mass is 452 g/mol. The Hall–Kier alpha value is -3.21. The van der Waals surface area contributed by atoms with Crippen LogP contribution in [0.4, 0.5) is 23.4 Å². The predicted molar refractivity (Wildman–Crippen MR) is 107 cm³/mol. The maximum Gasteiger partial charge on any atom is 0.522 e. The minimum atomic E-state index is -4.82. The summed E-state index contributed by atoms with van der Waals surface area (Å²) in [5, 5.41) is 9.88. The van der Waals surface area contributed by atoms with E-state index in [2.05, 4.69) is 14.7 Å². The van der Waals surface area contributed by atoms with Crippen LogP contribution in [-0.2, 0) is 23.2 Å².